The summed E-state index contributed by atoms with van der Waals surface area (Å²) in [5.74, 6) is 0. The van der Waals surface area contributed by atoms with E-state index in [9.17, 15) is 0 Å². The number of allylic oxidation sites excluding steroid dienone is 1. The minimum absolute atomic E-state index is 0.131. The van der Waals surface area contributed by atoms with Gasteiger partial charge in [-0.2, -0.15) is 0 Å². The molecule has 0 amide bonds. The van der Waals surface area contributed by atoms with Crippen molar-refractivity contribution < 1.29 is 0 Å². The normalized spacial score (nSPS) is 10.6. The van der Waals surface area contributed by atoms with Gasteiger partial charge in [-0.1, -0.05) is 6.58 Å². The molecule has 2 N–H and O–H groups in total. The van der Waals surface area contributed by atoms with Crippen LogP contribution in [0.25, 0.3) is 10.9 Å². The number of aryl methyl sites for hydroxylation is 1. The minimum atomic E-state index is 0.131. The van der Waals surface area contributed by atoms with Crippen molar-refractivity contribution in [2.75, 3.05) is 6.26 Å². The van der Waals surface area contributed by atoms with Gasteiger partial charge in [-0.15, -0.1) is 37.5 Å². The van der Waals surface area contributed by atoms with Gasteiger partial charge < -0.3 is 10.3 Å². The fourth-order valence-electron chi connectivity index (χ4n) is 2.03. The van der Waals surface area contributed by atoms with Crippen molar-refractivity contribution in [1.82, 2.24) is 4.57 Å². The first-order valence-corrected chi connectivity index (χ1v) is 7.53. The van der Waals surface area contributed by atoms with E-state index in [1.165, 1.54) is 21.4 Å². The Hall–Kier alpha value is -2.23. The van der Waals surface area contributed by atoms with Crippen LogP contribution in [0.2, 0.25) is 0 Å². The molecule has 0 aliphatic heterocycles. The highest BCUT2D eigenvalue weighted by Crippen LogP contribution is 2.29. The van der Waals surface area contributed by atoms with Crippen LogP contribution in [-0.2, 0) is 0 Å². The van der Waals surface area contributed by atoms with E-state index in [0.717, 1.165) is 0 Å². The molecule has 1 atom stereocenters. The number of aromatic nitrogens is 1. The van der Waals surface area contributed by atoms with Crippen LogP contribution < -0.4 is 5.73 Å². The van der Waals surface area contributed by atoms with Gasteiger partial charge >= 0.3 is 0 Å². The average molecular weight is 298 g/mol. The second-order valence-corrected chi connectivity index (χ2v) is 5.23. The van der Waals surface area contributed by atoms with E-state index in [1.54, 1.807) is 11.8 Å². The van der Waals surface area contributed by atoms with Crippen LogP contribution >= 0.6 is 11.8 Å². The molecule has 2 rings (SSSR count). The predicted molar refractivity (Wildman–Crippen MR) is 96.3 cm³/mol. The maximum Gasteiger partial charge on any atom is 0.0695 e. The van der Waals surface area contributed by atoms with E-state index < -0.39 is 0 Å². The van der Waals surface area contributed by atoms with Gasteiger partial charge in [0.25, 0.3) is 0 Å². The Morgan fingerprint density at radius 2 is 1.86 bits per heavy atom. The van der Waals surface area contributed by atoms with Crippen LogP contribution in [0.1, 0.15) is 18.5 Å². The van der Waals surface area contributed by atoms with E-state index in [-0.39, 0.29) is 6.04 Å². The molecule has 0 spiro atoms. The van der Waals surface area contributed by atoms with Crippen molar-refractivity contribution in [1.29, 1.82) is 0 Å². The molecule has 2 aromatic rings. The molecular weight excluding hydrogens is 276 g/mol. The van der Waals surface area contributed by atoms with E-state index >= 15 is 0 Å². The molecule has 2 nitrogen and oxygen atoms in total. The van der Waals surface area contributed by atoms with E-state index in [4.69, 9.17) is 5.73 Å². The zero-order valence-corrected chi connectivity index (χ0v) is 13.7. The van der Waals surface area contributed by atoms with Crippen LogP contribution in [-0.4, -0.2) is 10.8 Å². The number of rotatable bonds is 3. The lowest BCUT2D eigenvalue weighted by Crippen LogP contribution is -2.11. The molecule has 0 aliphatic carbocycles. The predicted octanol–water partition coefficient (Wildman–Crippen LogP) is 4.20. The Morgan fingerprint density at radius 1 is 1.29 bits per heavy atom. The SMILES string of the molecule is C#C.C#C.C=C(N)C(C)n1cc(C)c2cc(SC)ccc21. The molecule has 0 radical (unpaired) electrons. The van der Waals surface area contributed by atoms with Crippen LogP contribution in [0.5, 0.6) is 0 Å². The Kier molecular flexibility index (Phi) is 7.91. The largest absolute Gasteiger partial charge is 0.401 e. The lowest BCUT2D eigenvalue weighted by molar-refractivity contribution is 0.644. The number of hydrogen-bond donors (Lipinski definition) is 1. The molecule has 0 saturated carbocycles. The fraction of sp³-hybridized carbons (Fsp3) is 0.222. The Labute approximate surface area is 132 Å². The van der Waals surface area contributed by atoms with Gasteiger partial charge in [0.2, 0.25) is 0 Å². The molecule has 1 aromatic carbocycles. The van der Waals surface area contributed by atoms with Crippen molar-refractivity contribution in [3.63, 3.8) is 0 Å². The zero-order valence-electron chi connectivity index (χ0n) is 12.8. The number of fused-ring (bicyclic) bond motifs is 1. The molecule has 1 aromatic heterocycles. The summed E-state index contributed by atoms with van der Waals surface area (Å²) in [4.78, 5) is 1.29. The zero-order chi connectivity index (χ0) is 16.6. The second-order valence-electron chi connectivity index (χ2n) is 4.35. The smallest absolute Gasteiger partial charge is 0.0695 e. The molecule has 110 valence electrons. The van der Waals surface area contributed by atoms with Crippen molar-refractivity contribution >= 4 is 22.7 Å². The molecule has 21 heavy (non-hydrogen) atoms. The number of nitrogens with two attached hydrogens (primary N) is 1. The topological polar surface area (TPSA) is 30.9 Å². The van der Waals surface area contributed by atoms with Gasteiger partial charge in [0, 0.05) is 27.7 Å². The molecular formula is C18H22N2S. The summed E-state index contributed by atoms with van der Waals surface area (Å²) in [6, 6.07) is 6.67. The molecule has 3 heteroatoms. The Balaban J connectivity index is 0.000000921. The first-order valence-electron chi connectivity index (χ1n) is 6.30. The summed E-state index contributed by atoms with van der Waals surface area (Å²) in [6.45, 7) is 8.04. The number of thioether (sulfide) groups is 1. The third kappa shape index (κ3) is 4.12. The van der Waals surface area contributed by atoms with Crippen molar-refractivity contribution in [3.8, 4) is 25.7 Å². The Bertz CT molecular complexity index is 641. The summed E-state index contributed by atoms with van der Waals surface area (Å²) in [5, 5.41) is 1.30. The van der Waals surface area contributed by atoms with Crippen LogP contribution in [0.15, 0.2) is 41.6 Å². The van der Waals surface area contributed by atoms with Gasteiger partial charge in [0.05, 0.1) is 6.04 Å². The quantitative estimate of drug-likeness (QED) is 0.680. The lowest BCUT2D eigenvalue weighted by Gasteiger charge is -2.14. The second kappa shape index (κ2) is 8.84. The standard InChI is InChI=1S/C14H18N2S.2C2H2/c1-9-8-16(11(3)10(2)15)14-6-5-12(17-4)7-13(9)14;2*1-2/h5-8,11H,2,15H2,1,3-4H3;2*1-2H. The fourth-order valence-corrected chi connectivity index (χ4v) is 2.47. The number of nitrogens with zero attached hydrogens (tertiary/aromatic N) is 1. The minimum Gasteiger partial charge on any atom is -0.401 e. The third-order valence-corrected chi connectivity index (χ3v) is 3.92. The highest BCUT2D eigenvalue weighted by molar-refractivity contribution is 7.98. The lowest BCUT2D eigenvalue weighted by atomic mass is 10.2. The van der Waals surface area contributed by atoms with Crippen molar-refractivity contribution in [2.24, 2.45) is 5.73 Å². The molecule has 1 heterocycles. The summed E-state index contributed by atoms with van der Waals surface area (Å²) in [6.07, 6.45) is 20.2. The van der Waals surface area contributed by atoms with Crippen molar-refractivity contribution in [2.45, 2.75) is 24.8 Å². The summed E-state index contributed by atoms with van der Waals surface area (Å²) < 4.78 is 2.19. The van der Waals surface area contributed by atoms with E-state index in [1.807, 2.05) is 0 Å². The highest BCUT2D eigenvalue weighted by atomic mass is 32.2. The van der Waals surface area contributed by atoms with Gasteiger partial charge in [0.15, 0.2) is 0 Å². The summed E-state index contributed by atoms with van der Waals surface area (Å²) in [7, 11) is 0. The molecule has 0 fully saturated rings. The van der Waals surface area contributed by atoms with Crippen LogP contribution in [0, 0.1) is 32.6 Å². The molecule has 0 saturated heterocycles. The maximum atomic E-state index is 5.80. The maximum absolute atomic E-state index is 5.80. The third-order valence-electron chi connectivity index (χ3n) is 3.19. The molecule has 0 bridgehead atoms. The first-order chi connectivity index (χ1) is 10.0. The van der Waals surface area contributed by atoms with Gasteiger partial charge in [-0.05, 0) is 43.9 Å². The van der Waals surface area contributed by atoms with Crippen LogP contribution in [0.4, 0.5) is 0 Å². The van der Waals surface area contributed by atoms with Gasteiger partial charge in [-0.25, -0.2) is 0 Å². The van der Waals surface area contributed by atoms with Crippen molar-refractivity contribution in [3.05, 3.63) is 42.2 Å². The first kappa shape index (κ1) is 18.8. The molecule has 1 unspecified atom stereocenters. The van der Waals surface area contributed by atoms with Gasteiger partial charge in [-0.3, -0.25) is 0 Å². The summed E-state index contributed by atoms with van der Waals surface area (Å²) >= 11 is 1.76. The molecule has 0 aliphatic rings. The average Bonchev–Trinajstić information content (AvgIpc) is 2.86. The van der Waals surface area contributed by atoms with Gasteiger partial charge in [0.1, 0.15) is 0 Å². The number of benzene rings is 1. The van der Waals surface area contributed by atoms with E-state index in [2.05, 4.69) is 81.3 Å². The Morgan fingerprint density at radius 3 is 2.33 bits per heavy atom. The number of hydrogen-bond acceptors (Lipinski definition) is 2. The number of terminal acetylenes is 2. The van der Waals surface area contributed by atoms with Crippen LogP contribution in [0.3, 0.4) is 0 Å². The summed E-state index contributed by atoms with van der Waals surface area (Å²) in [5.41, 5.74) is 9.00. The monoisotopic (exact) mass is 298 g/mol. The highest BCUT2D eigenvalue weighted by Gasteiger charge is 2.12. The van der Waals surface area contributed by atoms with E-state index in [0.29, 0.717) is 5.70 Å².